The zero-order valence-corrected chi connectivity index (χ0v) is 7.51. The van der Waals surface area contributed by atoms with Gasteiger partial charge in [0.25, 0.3) is 0 Å². The number of nitrogens with zero attached hydrogens (tertiary/aromatic N) is 1. The Morgan fingerprint density at radius 2 is 2.00 bits per heavy atom. The minimum atomic E-state index is -0.364. The van der Waals surface area contributed by atoms with Gasteiger partial charge in [0.05, 0.1) is 6.20 Å². The Kier molecular flexibility index (Phi) is 2.40. The second-order valence-corrected chi connectivity index (χ2v) is 2.93. The van der Waals surface area contributed by atoms with Gasteiger partial charge in [-0.05, 0) is 5.56 Å². The van der Waals surface area contributed by atoms with E-state index in [2.05, 4.69) is 4.98 Å². The Hall–Kier alpha value is -1.90. The number of hydrogen-bond acceptors (Lipinski definition) is 3. The van der Waals surface area contributed by atoms with E-state index in [0.717, 1.165) is 5.56 Å². The van der Waals surface area contributed by atoms with Gasteiger partial charge in [0.15, 0.2) is 0 Å². The molecule has 0 spiro atoms. The van der Waals surface area contributed by atoms with Crippen LogP contribution in [0.15, 0.2) is 52.0 Å². The van der Waals surface area contributed by atoms with Crippen LogP contribution < -0.4 is 5.63 Å². The molecule has 0 radical (unpaired) electrons. The first-order valence-corrected chi connectivity index (χ1v) is 4.33. The summed E-state index contributed by atoms with van der Waals surface area (Å²) < 4.78 is 4.71. The summed E-state index contributed by atoms with van der Waals surface area (Å²) in [6.45, 7) is 0. The molecule has 2 rings (SSSR count). The topological polar surface area (TPSA) is 43.1 Å². The Morgan fingerprint density at radius 3 is 2.71 bits per heavy atom. The van der Waals surface area contributed by atoms with E-state index in [9.17, 15) is 4.79 Å². The lowest BCUT2D eigenvalue weighted by Crippen LogP contribution is -2.09. The van der Waals surface area contributed by atoms with Gasteiger partial charge in [-0.25, -0.2) is 4.79 Å². The summed E-state index contributed by atoms with van der Waals surface area (Å²) in [7, 11) is 0. The van der Waals surface area contributed by atoms with Crippen molar-refractivity contribution >= 4 is 0 Å². The quantitative estimate of drug-likeness (QED) is 0.717. The largest absolute Gasteiger partial charge is 0.428 e. The zero-order valence-electron chi connectivity index (χ0n) is 7.51. The van der Waals surface area contributed by atoms with E-state index < -0.39 is 0 Å². The number of benzene rings is 1. The molecular formula is C11H9NO2. The highest BCUT2D eigenvalue weighted by atomic mass is 16.4. The van der Waals surface area contributed by atoms with Crippen molar-refractivity contribution in [3.63, 3.8) is 0 Å². The van der Waals surface area contributed by atoms with Crippen molar-refractivity contribution in [2.45, 2.75) is 6.42 Å². The van der Waals surface area contributed by atoms with E-state index in [1.165, 1.54) is 12.5 Å². The van der Waals surface area contributed by atoms with Gasteiger partial charge in [0.1, 0.15) is 12.0 Å². The molecule has 0 unspecified atom stereocenters. The highest BCUT2D eigenvalue weighted by molar-refractivity contribution is 5.19. The molecule has 0 aliphatic heterocycles. The van der Waals surface area contributed by atoms with Gasteiger partial charge in [0, 0.05) is 6.42 Å². The summed E-state index contributed by atoms with van der Waals surface area (Å²) in [4.78, 5) is 15.2. The first-order valence-electron chi connectivity index (χ1n) is 4.33. The summed E-state index contributed by atoms with van der Waals surface area (Å²) in [5.41, 5.74) is 1.13. The predicted molar refractivity (Wildman–Crippen MR) is 52.0 cm³/mol. The van der Waals surface area contributed by atoms with Gasteiger partial charge in [-0.1, -0.05) is 30.3 Å². The van der Waals surface area contributed by atoms with Gasteiger partial charge < -0.3 is 4.42 Å². The molecule has 1 heterocycles. The predicted octanol–water partition coefficient (Wildman–Crippen LogP) is 1.63. The third-order valence-corrected chi connectivity index (χ3v) is 1.92. The monoisotopic (exact) mass is 187 g/mol. The van der Waals surface area contributed by atoms with Gasteiger partial charge >= 0.3 is 5.63 Å². The molecule has 2 aromatic rings. The molecule has 0 N–H and O–H groups in total. The number of aromatic nitrogens is 1. The Labute approximate surface area is 81.0 Å². The first kappa shape index (κ1) is 8.69. The first-order chi connectivity index (χ1) is 6.86. The van der Waals surface area contributed by atoms with Crippen molar-refractivity contribution in [3.05, 3.63) is 64.5 Å². The lowest BCUT2D eigenvalue weighted by molar-refractivity contribution is 0.493. The van der Waals surface area contributed by atoms with Gasteiger partial charge in [-0.15, -0.1) is 0 Å². The van der Waals surface area contributed by atoms with E-state index in [4.69, 9.17) is 4.42 Å². The van der Waals surface area contributed by atoms with E-state index >= 15 is 0 Å². The highest BCUT2D eigenvalue weighted by Crippen LogP contribution is 2.02. The normalized spacial score (nSPS) is 10.0. The Balaban J connectivity index is 2.28. The van der Waals surface area contributed by atoms with Crippen LogP contribution in [-0.2, 0) is 6.42 Å². The summed E-state index contributed by atoms with van der Waals surface area (Å²) in [5.74, 6) is 0. The molecule has 0 saturated heterocycles. The fourth-order valence-corrected chi connectivity index (χ4v) is 1.24. The number of hydrogen-bond donors (Lipinski definition) is 0. The summed E-state index contributed by atoms with van der Waals surface area (Å²) in [5, 5.41) is 0. The van der Waals surface area contributed by atoms with Crippen molar-refractivity contribution < 1.29 is 4.42 Å². The Morgan fingerprint density at radius 1 is 1.21 bits per heavy atom. The van der Waals surface area contributed by atoms with Crippen molar-refractivity contribution in [1.29, 1.82) is 0 Å². The summed E-state index contributed by atoms with van der Waals surface area (Å²) in [6, 6.07) is 9.70. The Bertz CT molecular complexity index is 462. The van der Waals surface area contributed by atoms with Crippen LogP contribution in [0.5, 0.6) is 0 Å². The lowest BCUT2D eigenvalue weighted by atomic mass is 10.1. The summed E-state index contributed by atoms with van der Waals surface area (Å²) in [6.07, 6.45) is 3.29. The van der Waals surface area contributed by atoms with E-state index in [-0.39, 0.29) is 5.63 Å². The van der Waals surface area contributed by atoms with Crippen molar-refractivity contribution in [2.24, 2.45) is 0 Å². The lowest BCUT2D eigenvalue weighted by Gasteiger charge is -1.97. The zero-order chi connectivity index (χ0) is 9.80. The molecular weight excluding hydrogens is 178 g/mol. The molecule has 3 heteroatoms. The molecule has 0 amide bonds. The molecule has 0 atom stereocenters. The van der Waals surface area contributed by atoms with Crippen molar-refractivity contribution in [1.82, 2.24) is 4.98 Å². The van der Waals surface area contributed by atoms with E-state index in [1.54, 1.807) is 0 Å². The second-order valence-electron chi connectivity index (χ2n) is 2.93. The maximum absolute atomic E-state index is 11.2. The fraction of sp³-hybridized carbons (Fsp3) is 0.0909. The van der Waals surface area contributed by atoms with Crippen LogP contribution in [-0.4, -0.2) is 4.98 Å². The minimum absolute atomic E-state index is 0.364. The van der Waals surface area contributed by atoms with Crippen LogP contribution in [0.25, 0.3) is 0 Å². The standard InChI is InChI=1S/C11H9NO2/c13-11-10(12-6-7-14-11)8-9-4-2-1-3-5-9/h1-7H,8H2. The molecule has 0 bridgehead atoms. The minimum Gasteiger partial charge on any atom is -0.428 e. The third-order valence-electron chi connectivity index (χ3n) is 1.92. The highest BCUT2D eigenvalue weighted by Gasteiger charge is 2.02. The van der Waals surface area contributed by atoms with Gasteiger partial charge in [0.2, 0.25) is 0 Å². The molecule has 14 heavy (non-hydrogen) atoms. The third kappa shape index (κ3) is 1.88. The van der Waals surface area contributed by atoms with Crippen LogP contribution in [0.4, 0.5) is 0 Å². The van der Waals surface area contributed by atoms with Gasteiger partial charge in [-0.3, -0.25) is 4.98 Å². The van der Waals surface area contributed by atoms with Crippen LogP contribution in [0.2, 0.25) is 0 Å². The van der Waals surface area contributed by atoms with Crippen LogP contribution in [0.1, 0.15) is 11.3 Å². The molecule has 0 saturated carbocycles. The fourth-order valence-electron chi connectivity index (χ4n) is 1.24. The van der Waals surface area contributed by atoms with E-state index in [0.29, 0.717) is 12.1 Å². The molecule has 0 aliphatic carbocycles. The molecule has 1 aromatic heterocycles. The summed E-state index contributed by atoms with van der Waals surface area (Å²) >= 11 is 0. The molecule has 3 nitrogen and oxygen atoms in total. The van der Waals surface area contributed by atoms with Crippen LogP contribution in [0, 0.1) is 0 Å². The van der Waals surface area contributed by atoms with Gasteiger partial charge in [-0.2, -0.15) is 0 Å². The smallest absolute Gasteiger partial charge is 0.357 e. The molecule has 70 valence electrons. The average molecular weight is 187 g/mol. The van der Waals surface area contributed by atoms with Crippen molar-refractivity contribution in [3.8, 4) is 0 Å². The average Bonchev–Trinajstić information content (AvgIpc) is 2.23. The number of rotatable bonds is 2. The van der Waals surface area contributed by atoms with Crippen LogP contribution in [0.3, 0.4) is 0 Å². The SMILES string of the molecule is O=c1occnc1Cc1ccccc1. The van der Waals surface area contributed by atoms with E-state index in [1.807, 2.05) is 30.3 Å². The molecule has 0 aliphatic rings. The van der Waals surface area contributed by atoms with Crippen LogP contribution >= 0.6 is 0 Å². The maximum atomic E-state index is 11.2. The van der Waals surface area contributed by atoms with Crippen molar-refractivity contribution in [2.75, 3.05) is 0 Å². The maximum Gasteiger partial charge on any atom is 0.357 e. The molecule has 0 fully saturated rings. The second kappa shape index (κ2) is 3.87. The molecule has 1 aromatic carbocycles.